The molecule has 7 nitrogen and oxygen atoms in total. The van der Waals surface area contributed by atoms with Gasteiger partial charge in [0.25, 0.3) is 5.56 Å². The van der Waals surface area contributed by atoms with Gasteiger partial charge in [-0.05, 0) is 63.1 Å². The molecule has 3 atom stereocenters. The molecular weight excluding hydrogens is 436 g/mol. The van der Waals surface area contributed by atoms with Gasteiger partial charge in [0.15, 0.2) is 0 Å². The molecule has 2 fully saturated rings. The molecule has 2 saturated heterocycles. The Kier molecular flexibility index (Phi) is 5.97. The number of thiophene rings is 1. The molecule has 4 heterocycles. The third kappa shape index (κ3) is 4.42. The van der Waals surface area contributed by atoms with Gasteiger partial charge in [0.2, 0.25) is 5.91 Å². The molecule has 1 unspecified atom stereocenters. The van der Waals surface area contributed by atoms with Gasteiger partial charge in [-0.3, -0.25) is 14.2 Å². The third-order valence-electron chi connectivity index (χ3n) is 6.92. The summed E-state index contributed by atoms with van der Waals surface area (Å²) in [5, 5.41) is 2.89. The minimum atomic E-state index is -0.105. The summed E-state index contributed by atoms with van der Waals surface area (Å²) in [6, 6.07) is 10.8. The van der Waals surface area contributed by atoms with Crippen LogP contribution in [0.25, 0.3) is 15.9 Å². The Hall–Kier alpha value is -2.71. The van der Waals surface area contributed by atoms with Crippen molar-refractivity contribution in [1.29, 1.82) is 0 Å². The number of benzene rings is 1. The molecule has 3 aromatic rings. The summed E-state index contributed by atoms with van der Waals surface area (Å²) in [7, 11) is 2.23. The fourth-order valence-electron chi connectivity index (χ4n) is 4.95. The Bertz CT molecular complexity index is 1200. The molecule has 0 radical (unpaired) electrons. The van der Waals surface area contributed by atoms with E-state index in [1.807, 2.05) is 44.2 Å². The molecule has 5 rings (SSSR count). The number of rotatable bonds is 6. The number of carbonyl (C=O) groups excluding carboxylic acids is 1. The summed E-state index contributed by atoms with van der Waals surface area (Å²) in [5.41, 5.74) is 1.31. The molecule has 8 heteroatoms. The van der Waals surface area contributed by atoms with Gasteiger partial charge in [-0.2, -0.15) is 0 Å². The first kappa shape index (κ1) is 22.1. The highest BCUT2D eigenvalue weighted by molar-refractivity contribution is 7.18. The number of piperidine rings is 1. The molecule has 2 aromatic heterocycles. The van der Waals surface area contributed by atoms with Crippen molar-refractivity contribution in [2.75, 3.05) is 7.05 Å². The van der Waals surface area contributed by atoms with Crippen molar-refractivity contribution in [2.45, 2.75) is 64.3 Å². The van der Waals surface area contributed by atoms with Crippen molar-refractivity contribution in [1.82, 2.24) is 19.8 Å². The highest BCUT2D eigenvalue weighted by atomic mass is 32.1. The number of ether oxygens (including phenoxy) is 1. The Labute approximate surface area is 197 Å². The van der Waals surface area contributed by atoms with Crippen molar-refractivity contribution in [3.05, 3.63) is 51.9 Å². The van der Waals surface area contributed by atoms with Gasteiger partial charge in [0.1, 0.15) is 22.9 Å². The number of hydrogen-bond acceptors (Lipinski definition) is 6. The van der Waals surface area contributed by atoms with E-state index >= 15 is 0 Å². The molecule has 0 saturated carbocycles. The van der Waals surface area contributed by atoms with E-state index in [-0.39, 0.29) is 23.5 Å². The van der Waals surface area contributed by atoms with Crippen LogP contribution >= 0.6 is 11.3 Å². The summed E-state index contributed by atoms with van der Waals surface area (Å²) in [5.74, 6) is 0.762. The number of hydrogen-bond donors (Lipinski definition) is 1. The summed E-state index contributed by atoms with van der Waals surface area (Å²) in [6.45, 7) is 4.12. The lowest BCUT2D eigenvalue weighted by molar-refractivity contribution is -0.124. The van der Waals surface area contributed by atoms with E-state index in [1.165, 1.54) is 24.2 Å². The number of nitrogens with one attached hydrogen (secondary N) is 1. The molecule has 0 aliphatic carbocycles. The van der Waals surface area contributed by atoms with Crippen LogP contribution in [0.2, 0.25) is 0 Å². The van der Waals surface area contributed by atoms with E-state index in [2.05, 4.69) is 22.2 Å². The number of fused-ring (bicyclic) bond motifs is 3. The Morgan fingerprint density at radius 1 is 1.21 bits per heavy atom. The maximum Gasteiger partial charge on any atom is 0.275 e. The zero-order valence-corrected chi connectivity index (χ0v) is 20.1. The molecule has 2 aliphatic heterocycles. The van der Waals surface area contributed by atoms with Crippen LogP contribution in [0.15, 0.2) is 41.5 Å². The van der Waals surface area contributed by atoms with Crippen LogP contribution < -0.4 is 15.6 Å². The van der Waals surface area contributed by atoms with Crippen LogP contribution in [0.4, 0.5) is 0 Å². The van der Waals surface area contributed by atoms with Crippen LogP contribution in [-0.4, -0.2) is 45.6 Å². The highest BCUT2D eigenvalue weighted by Crippen LogP contribution is 2.36. The van der Waals surface area contributed by atoms with Crippen molar-refractivity contribution >= 4 is 27.5 Å². The Balaban J connectivity index is 1.30. The first-order valence-electron chi connectivity index (χ1n) is 11.7. The monoisotopic (exact) mass is 466 g/mol. The van der Waals surface area contributed by atoms with Gasteiger partial charge < -0.3 is 15.0 Å². The zero-order valence-electron chi connectivity index (χ0n) is 19.3. The predicted octanol–water partition coefficient (Wildman–Crippen LogP) is 3.72. The van der Waals surface area contributed by atoms with Crippen LogP contribution in [0.5, 0.6) is 5.75 Å². The predicted molar refractivity (Wildman–Crippen MR) is 130 cm³/mol. The molecule has 0 spiro atoms. The molecule has 2 bridgehead atoms. The number of amides is 1. The van der Waals surface area contributed by atoms with Crippen LogP contribution in [0.3, 0.4) is 0 Å². The van der Waals surface area contributed by atoms with Gasteiger partial charge in [0.05, 0.1) is 17.7 Å². The first-order chi connectivity index (χ1) is 15.9. The summed E-state index contributed by atoms with van der Waals surface area (Å²) >= 11 is 1.38. The highest BCUT2D eigenvalue weighted by Gasteiger charge is 2.39. The Morgan fingerprint density at radius 3 is 2.58 bits per heavy atom. The lowest BCUT2D eigenvalue weighted by Gasteiger charge is -2.36. The second kappa shape index (κ2) is 8.91. The van der Waals surface area contributed by atoms with Gasteiger partial charge in [-0.25, -0.2) is 4.98 Å². The second-order valence-corrected chi connectivity index (χ2v) is 10.6. The van der Waals surface area contributed by atoms with Crippen molar-refractivity contribution in [2.24, 2.45) is 5.92 Å². The second-order valence-electron chi connectivity index (χ2n) is 9.47. The van der Waals surface area contributed by atoms with Crippen molar-refractivity contribution < 1.29 is 9.53 Å². The molecule has 1 aromatic carbocycles. The van der Waals surface area contributed by atoms with E-state index in [0.29, 0.717) is 28.8 Å². The van der Waals surface area contributed by atoms with Crippen LogP contribution in [0.1, 0.15) is 44.4 Å². The van der Waals surface area contributed by atoms with Crippen molar-refractivity contribution in [3.63, 3.8) is 0 Å². The first-order valence-corrected chi connectivity index (χ1v) is 12.5. The largest absolute Gasteiger partial charge is 0.490 e. The normalized spacial score (nSPS) is 22.7. The van der Waals surface area contributed by atoms with E-state index in [4.69, 9.17) is 4.74 Å². The SMILES string of the molecule is CC(C)C(=O)NCc1cc2ncn(-c3ccc(OC4C[C@H]5CC[C@@H](C4)N5C)cc3)c(=O)c2s1. The van der Waals surface area contributed by atoms with E-state index in [9.17, 15) is 9.59 Å². The standard InChI is InChI=1S/C25H30N4O3S/c1-15(2)24(30)26-13-21-12-22-23(33-21)25(31)29(14-27-22)16-6-8-19(9-7-16)32-20-10-17-4-5-18(11-20)28(17)3/h6-9,12,14-15,17-18,20H,4-5,10-11,13H2,1-3H3,(H,26,30)/t17-,18+,20?. The van der Waals surface area contributed by atoms with E-state index in [0.717, 1.165) is 29.2 Å². The van der Waals surface area contributed by atoms with Crippen LogP contribution in [0, 0.1) is 5.92 Å². The van der Waals surface area contributed by atoms with Gasteiger partial charge in [0, 0.05) is 22.9 Å². The Morgan fingerprint density at radius 2 is 1.91 bits per heavy atom. The zero-order chi connectivity index (χ0) is 23.1. The number of carbonyl (C=O) groups is 1. The molecule has 33 heavy (non-hydrogen) atoms. The van der Waals surface area contributed by atoms with Gasteiger partial charge in [-0.15, -0.1) is 11.3 Å². The number of nitrogens with zero attached hydrogens (tertiary/aromatic N) is 3. The minimum Gasteiger partial charge on any atom is -0.490 e. The average molecular weight is 467 g/mol. The summed E-state index contributed by atoms with van der Waals surface area (Å²) in [6.07, 6.45) is 6.52. The average Bonchev–Trinajstić information content (AvgIpc) is 3.29. The van der Waals surface area contributed by atoms with Crippen LogP contribution in [-0.2, 0) is 11.3 Å². The van der Waals surface area contributed by atoms with E-state index < -0.39 is 0 Å². The minimum absolute atomic E-state index is 0.00645. The topological polar surface area (TPSA) is 76.5 Å². The lowest BCUT2D eigenvalue weighted by Crippen LogP contribution is -2.43. The smallest absolute Gasteiger partial charge is 0.275 e. The fourth-order valence-corrected chi connectivity index (χ4v) is 5.93. The summed E-state index contributed by atoms with van der Waals surface area (Å²) < 4.78 is 8.44. The fraction of sp³-hybridized carbons (Fsp3) is 0.480. The maximum atomic E-state index is 13.1. The van der Waals surface area contributed by atoms with Gasteiger partial charge >= 0.3 is 0 Å². The molecule has 1 amide bonds. The van der Waals surface area contributed by atoms with E-state index in [1.54, 1.807) is 10.9 Å². The lowest BCUT2D eigenvalue weighted by atomic mass is 10.0. The molecular formula is C25H30N4O3S. The molecule has 174 valence electrons. The molecule has 1 N–H and O–H groups in total. The van der Waals surface area contributed by atoms with Gasteiger partial charge in [-0.1, -0.05) is 13.8 Å². The quantitative estimate of drug-likeness (QED) is 0.599. The molecule has 2 aliphatic rings. The number of aromatic nitrogens is 2. The maximum absolute atomic E-state index is 13.1. The van der Waals surface area contributed by atoms with Crippen molar-refractivity contribution in [3.8, 4) is 11.4 Å². The third-order valence-corrected chi connectivity index (χ3v) is 8.03. The summed E-state index contributed by atoms with van der Waals surface area (Å²) in [4.78, 5) is 32.8.